The third-order valence-corrected chi connectivity index (χ3v) is 4.84. The average molecular weight is 368 g/mol. The number of amides is 1. The Morgan fingerprint density at radius 1 is 1.21 bits per heavy atom. The molecule has 0 bridgehead atoms. The summed E-state index contributed by atoms with van der Waals surface area (Å²) in [5.41, 5.74) is 0. The smallest absolute Gasteiger partial charge is 0.233 e. The molecule has 0 radical (unpaired) electrons. The second-order valence-corrected chi connectivity index (χ2v) is 7.13. The fourth-order valence-corrected chi connectivity index (χ4v) is 3.13. The lowest BCUT2D eigenvalue weighted by molar-refractivity contribution is -0.121. The predicted octanol–water partition coefficient (Wildman–Crippen LogP) is 4.54. The van der Waals surface area contributed by atoms with Crippen LogP contribution in [0.1, 0.15) is 13.8 Å². The molecular weight excluding hydrogens is 349 g/mol. The van der Waals surface area contributed by atoms with Crippen LogP contribution in [0, 0.1) is 5.82 Å². The van der Waals surface area contributed by atoms with E-state index in [1.54, 1.807) is 24.3 Å². The van der Waals surface area contributed by atoms with Crippen LogP contribution in [0.15, 0.2) is 53.4 Å². The molecule has 2 aromatic rings. The van der Waals surface area contributed by atoms with Crippen LogP contribution in [0.2, 0.25) is 5.02 Å². The molecule has 0 aliphatic heterocycles. The summed E-state index contributed by atoms with van der Waals surface area (Å²) in [6, 6.07) is 13.3. The van der Waals surface area contributed by atoms with Gasteiger partial charge in [0.1, 0.15) is 6.61 Å². The molecule has 0 heterocycles. The summed E-state index contributed by atoms with van der Waals surface area (Å²) in [6.45, 7) is 3.82. The number of carbonyl (C=O) groups excluding carboxylic acids is 1. The van der Waals surface area contributed by atoms with E-state index in [0.29, 0.717) is 5.02 Å². The molecule has 0 saturated heterocycles. The van der Waals surface area contributed by atoms with Crippen molar-refractivity contribution in [1.29, 1.82) is 0 Å². The van der Waals surface area contributed by atoms with Crippen molar-refractivity contribution in [1.82, 2.24) is 5.32 Å². The topological polar surface area (TPSA) is 38.3 Å². The van der Waals surface area contributed by atoms with Gasteiger partial charge in [-0.3, -0.25) is 4.79 Å². The minimum atomic E-state index is -0.418. The Bertz CT molecular complexity index is 698. The van der Waals surface area contributed by atoms with Crippen molar-refractivity contribution >= 4 is 29.3 Å². The van der Waals surface area contributed by atoms with E-state index in [1.807, 2.05) is 32.0 Å². The lowest BCUT2D eigenvalue weighted by atomic mass is 10.3. The van der Waals surface area contributed by atoms with Crippen LogP contribution in [-0.2, 0) is 4.79 Å². The maximum absolute atomic E-state index is 13.5. The quantitative estimate of drug-likeness (QED) is 0.730. The van der Waals surface area contributed by atoms with Gasteiger partial charge in [-0.2, -0.15) is 0 Å². The van der Waals surface area contributed by atoms with Crippen molar-refractivity contribution in [2.45, 2.75) is 30.0 Å². The summed E-state index contributed by atoms with van der Waals surface area (Å²) in [6.07, 6.45) is 0. The Balaban J connectivity index is 1.82. The van der Waals surface area contributed by atoms with E-state index in [2.05, 4.69) is 5.32 Å². The van der Waals surface area contributed by atoms with Crippen molar-refractivity contribution in [3.05, 3.63) is 59.4 Å². The third-order valence-electron chi connectivity index (χ3n) is 3.22. The number of nitrogens with one attached hydrogen (secondary N) is 1. The monoisotopic (exact) mass is 367 g/mol. The SMILES string of the molecule is CC(COc1ccccc1F)NC(=O)C(C)Sc1ccccc1Cl. The molecule has 2 atom stereocenters. The van der Waals surface area contributed by atoms with E-state index in [0.717, 1.165) is 4.90 Å². The number of hydrogen-bond acceptors (Lipinski definition) is 3. The van der Waals surface area contributed by atoms with Gasteiger partial charge in [0.05, 0.1) is 16.3 Å². The van der Waals surface area contributed by atoms with Crippen molar-refractivity contribution in [2.24, 2.45) is 0 Å². The second-order valence-electron chi connectivity index (χ2n) is 5.34. The molecule has 2 rings (SSSR count). The predicted molar refractivity (Wildman–Crippen MR) is 96.3 cm³/mol. The zero-order valence-electron chi connectivity index (χ0n) is 13.5. The number of para-hydroxylation sites is 1. The zero-order chi connectivity index (χ0) is 17.5. The largest absolute Gasteiger partial charge is 0.488 e. The third kappa shape index (κ3) is 5.42. The maximum Gasteiger partial charge on any atom is 0.233 e. The first kappa shape index (κ1) is 18.6. The van der Waals surface area contributed by atoms with Crippen LogP contribution in [0.3, 0.4) is 0 Å². The first-order valence-corrected chi connectivity index (χ1v) is 8.82. The Morgan fingerprint density at radius 2 is 1.88 bits per heavy atom. The standard InChI is InChI=1S/C18H19ClFNO2S/c1-12(11-23-16-9-5-4-8-15(16)20)21-18(22)13(2)24-17-10-6-3-7-14(17)19/h3-10,12-13H,11H2,1-2H3,(H,21,22). The second kappa shape index (κ2) is 8.94. The highest BCUT2D eigenvalue weighted by Crippen LogP contribution is 2.30. The van der Waals surface area contributed by atoms with E-state index in [4.69, 9.17) is 16.3 Å². The fraction of sp³-hybridized carbons (Fsp3) is 0.278. The van der Waals surface area contributed by atoms with E-state index >= 15 is 0 Å². The van der Waals surface area contributed by atoms with Gasteiger partial charge in [-0.1, -0.05) is 35.9 Å². The van der Waals surface area contributed by atoms with Crippen LogP contribution in [-0.4, -0.2) is 23.8 Å². The molecule has 24 heavy (non-hydrogen) atoms. The zero-order valence-corrected chi connectivity index (χ0v) is 15.0. The van der Waals surface area contributed by atoms with Gasteiger partial charge in [-0.15, -0.1) is 11.8 Å². The van der Waals surface area contributed by atoms with Crippen LogP contribution in [0.25, 0.3) is 0 Å². The van der Waals surface area contributed by atoms with Crippen molar-refractivity contribution < 1.29 is 13.9 Å². The molecule has 1 amide bonds. The number of ether oxygens (including phenoxy) is 1. The maximum atomic E-state index is 13.5. The Labute approximate surface area is 150 Å². The van der Waals surface area contributed by atoms with E-state index < -0.39 is 5.82 Å². The van der Waals surface area contributed by atoms with Crippen LogP contribution >= 0.6 is 23.4 Å². The molecule has 2 aromatic carbocycles. The summed E-state index contributed by atoms with van der Waals surface area (Å²) in [5.74, 6) is -0.361. The molecule has 0 aromatic heterocycles. The van der Waals surface area contributed by atoms with Gasteiger partial charge in [0.25, 0.3) is 0 Å². The van der Waals surface area contributed by atoms with Crippen LogP contribution in [0.5, 0.6) is 5.75 Å². The van der Waals surface area contributed by atoms with Gasteiger partial charge in [0.2, 0.25) is 5.91 Å². The van der Waals surface area contributed by atoms with Gasteiger partial charge in [0.15, 0.2) is 11.6 Å². The van der Waals surface area contributed by atoms with Gasteiger partial charge in [0, 0.05) is 4.90 Å². The molecule has 0 aliphatic rings. The highest BCUT2D eigenvalue weighted by molar-refractivity contribution is 8.00. The summed E-state index contributed by atoms with van der Waals surface area (Å²) in [4.78, 5) is 13.1. The van der Waals surface area contributed by atoms with Crippen molar-refractivity contribution in [3.8, 4) is 5.75 Å². The molecule has 0 aliphatic carbocycles. The fourth-order valence-electron chi connectivity index (χ4n) is 1.96. The molecule has 1 N–H and O–H groups in total. The molecule has 3 nitrogen and oxygen atoms in total. The Morgan fingerprint density at radius 3 is 2.58 bits per heavy atom. The summed E-state index contributed by atoms with van der Waals surface area (Å²) >= 11 is 7.50. The van der Waals surface area contributed by atoms with E-state index in [1.165, 1.54) is 17.8 Å². The van der Waals surface area contributed by atoms with Gasteiger partial charge in [-0.25, -0.2) is 4.39 Å². The Kier molecular flexibility index (Phi) is 6.94. The van der Waals surface area contributed by atoms with Crippen molar-refractivity contribution in [2.75, 3.05) is 6.61 Å². The number of halogens is 2. The highest BCUT2D eigenvalue weighted by Gasteiger charge is 2.18. The first-order chi connectivity index (χ1) is 11.5. The molecule has 0 saturated carbocycles. The summed E-state index contributed by atoms with van der Waals surface area (Å²) in [7, 11) is 0. The molecular formula is C18H19ClFNO2S. The molecule has 0 spiro atoms. The van der Waals surface area contributed by atoms with E-state index in [-0.39, 0.29) is 29.6 Å². The molecule has 128 valence electrons. The average Bonchev–Trinajstić information content (AvgIpc) is 2.56. The molecule has 0 fully saturated rings. The molecule has 6 heteroatoms. The Hall–Kier alpha value is -1.72. The lowest BCUT2D eigenvalue weighted by Crippen LogP contribution is -2.40. The lowest BCUT2D eigenvalue weighted by Gasteiger charge is -2.18. The number of carbonyl (C=O) groups is 1. The van der Waals surface area contributed by atoms with Gasteiger partial charge < -0.3 is 10.1 Å². The van der Waals surface area contributed by atoms with Gasteiger partial charge >= 0.3 is 0 Å². The summed E-state index contributed by atoms with van der Waals surface area (Å²) in [5, 5.41) is 3.18. The van der Waals surface area contributed by atoms with Crippen LogP contribution < -0.4 is 10.1 Å². The molecule has 2 unspecified atom stereocenters. The van der Waals surface area contributed by atoms with E-state index in [9.17, 15) is 9.18 Å². The summed E-state index contributed by atoms with van der Waals surface area (Å²) < 4.78 is 18.9. The minimum Gasteiger partial charge on any atom is -0.488 e. The number of thioether (sulfide) groups is 1. The normalized spacial score (nSPS) is 13.2. The number of rotatable bonds is 7. The number of benzene rings is 2. The number of hydrogen-bond donors (Lipinski definition) is 1. The van der Waals surface area contributed by atoms with Crippen molar-refractivity contribution in [3.63, 3.8) is 0 Å². The first-order valence-electron chi connectivity index (χ1n) is 7.56. The minimum absolute atomic E-state index is 0.121. The highest BCUT2D eigenvalue weighted by atomic mass is 35.5. The van der Waals surface area contributed by atoms with Crippen LogP contribution in [0.4, 0.5) is 4.39 Å². The van der Waals surface area contributed by atoms with Gasteiger partial charge in [-0.05, 0) is 38.1 Å².